The highest BCUT2D eigenvalue weighted by Crippen LogP contribution is 2.30. The zero-order valence-electron chi connectivity index (χ0n) is 22.3. The number of nitrogens with one attached hydrogen (secondary N) is 1. The van der Waals surface area contributed by atoms with Crippen LogP contribution in [0.2, 0.25) is 0 Å². The standard InChI is InChI=1S/C32H35NO3/c1-9-23-14-15-28(16-21(23)2)36-30(35)25-12-10-24(11-13-25)29(34)33-20-22-17-26(31(3,4)5)19-27(18-22)32(6,7)8/h1,10-19H,20H2,2-8H3,(H,33,34). The predicted molar refractivity (Wildman–Crippen MR) is 146 cm³/mol. The van der Waals surface area contributed by atoms with Crippen molar-refractivity contribution in [2.24, 2.45) is 0 Å². The number of benzene rings is 3. The fourth-order valence-electron chi connectivity index (χ4n) is 3.73. The second-order valence-corrected chi connectivity index (χ2v) is 11.2. The van der Waals surface area contributed by atoms with E-state index in [4.69, 9.17) is 11.2 Å². The Kier molecular flexibility index (Phi) is 7.74. The molecule has 0 aliphatic carbocycles. The van der Waals surface area contributed by atoms with Crippen molar-refractivity contribution in [1.29, 1.82) is 0 Å². The van der Waals surface area contributed by atoms with Gasteiger partial charge in [-0.25, -0.2) is 4.79 Å². The van der Waals surface area contributed by atoms with E-state index in [-0.39, 0.29) is 16.7 Å². The summed E-state index contributed by atoms with van der Waals surface area (Å²) in [5, 5.41) is 3.01. The number of hydrogen-bond donors (Lipinski definition) is 1. The van der Waals surface area contributed by atoms with Crippen LogP contribution in [0.4, 0.5) is 0 Å². The smallest absolute Gasteiger partial charge is 0.343 e. The van der Waals surface area contributed by atoms with E-state index in [1.54, 1.807) is 42.5 Å². The molecule has 1 N–H and O–H groups in total. The van der Waals surface area contributed by atoms with Crippen LogP contribution in [0, 0.1) is 19.3 Å². The monoisotopic (exact) mass is 481 g/mol. The molecule has 186 valence electrons. The van der Waals surface area contributed by atoms with E-state index in [0.717, 1.165) is 16.7 Å². The number of rotatable bonds is 5. The molecule has 0 aliphatic heterocycles. The third kappa shape index (κ3) is 6.64. The largest absolute Gasteiger partial charge is 0.423 e. The molecule has 3 aromatic rings. The molecule has 36 heavy (non-hydrogen) atoms. The fourth-order valence-corrected chi connectivity index (χ4v) is 3.73. The SMILES string of the molecule is C#Cc1ccc(OC(=O)c2ccc(C(=O)NCc3cc(C(C)(C)C)cc(C(C)(C)C)c3)cc2)cc1C. The van der Waals surface area contributed by atoms with Crippen LogP contribution in [-0.4, -0.2) is 11.9 Å². The van der Waals surface area contributed by atoms with Gasteiger partial charge in [0.1, 0.15) is 5.75 Å². The fraction of sp³-hybridized carbons (Fsp3) is 0.312. The van der Waals surface area contributed by atoms with Gasteiger partial charge in [-0.3, -0.25) is 4.79 Å². The van der Waals surface area contributed by atoms with Crippen LogP contribution in [-0.2, 0) is 17.4 Å². The first-order valence-corrected chi connectivity index (χ1v) is 12.1. The van der Waals surface area contributed by atoms with Crippen molar-refractivity contribution in [3.8, 4) is 18.1 Å². The predicted octanol–water partition coefficient (Wildman–Crippen LogP) is 6.72. The van der Waals surface area contributed by atoms with Gasteiger partial charge in [-0.1, -0.05) is 65.7 Å². The van der Waals surface area contributed by atoms with Gasteiger partial charge in [0.2, 0.25) is 0 Å². The van der Waals surface area contributed by atoms with Crippen molar-refractivity contribution in [3.05, 3.63) is 99.6 Å². The summed E-state index contributed by atoms with van der Waals surface area (Å²) in [6.45, 7) is 15.4. The maximum Gasteiger partial charge on any atom is 0.343 e. The number of carbonyl (C=O) groups excluding carboxylic acids is 2. The molecule has 0 unspecified atom stereocenters. The topological polar surface area (TPSA) is 55.4 Å². The van der Waals surface area contributed by atoms with Crippen LogP contribution < -0.4 is 10.1 Å². The summed E-state index contributed by atoms with van der Waals surface area (Å²) < 4.78 is 5.46. The molecule has 4 nitrogen and oxygen atoms in total. The van der Waals surface area contributed by atoms with Crippen molar-refractivity contribution in [2.75, 3.05) is 0 Å². The summed E-state index contributed by atoms with van der Waals surface area (Å²) in [4.78, 5) is 25.3. The van der Waals surface area contributed by atoms with Crippen LogP contribution in [0.1, 0.15) is 90.1 Å². The molecule has 0 spiro atoms. The summed E-state index contributed by atoms with van der Waals surface area (Å²) in [5.74, 6) is 2.31. The highest BCUT2D eigenvalue weighted by Gasteiger charge is 2.21. The number of carbonyl (C=O) groups is 2. The number of ether oxygens (including phenoxy) is 1. The molecule has 0 atom stereocenters. The second-order valence-electron chi connectivity index (χ2n) is 11.2. The Morgan fingerprint density at radius 2 is 1.39 bits per heavy atom. The third-order valence-electron chi connectivity index (χ3n) is 6.12. The Bertz CT molecular complexity index is 1280. The molecule has 3 rings (SSSR count). The van der Waals surface area contributed by atoms with Crippen LogP contribution in [0.15, 0.2) is 60.7 Å². The van der Waals surface area contributed by atoms with Crippen LogP contribution >= 0.6 is 0 Å². The molecule has 0 aromatic heterocycles. The zero-order valence-corrected chi connectivity index (χ0v) is 22.3. The molecule has 0 bridgehead atoms. The van der Waals surface area contributed by atoms with E-state index < -0.39 is 5.97 Å². The summed E-state index contributed by atoms with van der Waals surface area (Å²) in [6.07, 6.45) is 5.44. The van der Waals surface area contributed by atoms with Crippen LogP contribution in [0.5, 0.6) is 5.75 Å². The molecule has 0 saturated heterocycles. The molecule has 0 fully saturated rings. The minimum Gasteiger partial charge on any atom is -0.423 e. The number of aryl methyl sites for hydroxylation is 1. The Hall–Kier alpha value is -3.84. The summed E-state index contributed by atoms with van der Waals surface area (Å²) in [7, 11) is 0. The van der Waals surface area contributed by atoms with E-state index in [1.165, 1.54) is 11.1 Å². The molecule has 4 heteroatoms. The number of hydrogen-bond acceptors (Lipinski definition) is 3. The zero-order chi connectivity index (χ0) is 26.7. The molecule has 0 aliphatic rings. The third-order valence-corrected chi connectivity index (χ3v) is 6.12. The van der Waals surface area contributed by atoms with E-state index in [2.05, 4.69) is 71.0 Å². The first-order valence-electron chi connectivity index (χ1n) is 12.1. The average molecular weight is 482 g/mol. The van der Waals surface area contributed by atoms with Gasteiger partial charge in [-0.15, -0.1) is 6.42 Å². The highest BCUT2D eigenvalue weighted by molar-refractivity contribution is 5.96. The Morgan fingerprint density at radius 1 is 0.833 bits per heavy atom. The Morgan fingerprint density at radius 3 is 1.89 bits per heavy atom. The van der Waals surface area contributed by atoms with Gasteiger partial charge < -0.3 is 10.1 Å². The van der Waals surface area contributed by atoms with Crippen molar-refractivity contribution in [2.45, 2.75) is 65.8 Å². The summed E-state index contributed by atoms with van der Waals surface area (Å²) in [5.41, 5.74) is 6.01. The first kappa shape index (κ1) is 26.8. The van der Waals surface area contributed by atoms with Gasteiger partial charge in [0.15, 0.2) is 0 Å². The number of esters is 1. The highest BCUT2D eigenvalue weighted by atomic mass is 16.5. The van der Waals surface area contributed by atoms with E-state index in [1.807, 2.05) is 6.92 Å². The lowest BCUT2D eigenvalue weighted by Gasteiger charge is -2.26. The van der Waals surface area contributed by atoms with Crippen LogP contribution in [0.3, 0.4) is 0 Å². The van der Waals surface area contributed by atoms with Gasteiger partial charge in [0.05, 0.1) is 5.56 Å². The van der Waals surface area contributed by atoms with Gasteiger partial charge >= 0.3 is 5.97 Å². The quantitative estimate of drug-likeness (QED) is 0.250. The Labute approximate surface area is 215 Å². The molecule has 3 aromatic carbocycles. The Balaban J connectivity index is 1.68. The van der Waals surface area contributed by atoms with E-state index in [0.29, 0.717) is 23.4 Å². The van der Waals surface area contributed by atoms with Gasteiger partial charge in [0.25, 0.3) is 5.91 Å². The number of terminal acetylenes is 1. The van der Waals surface area contributed by atoms with Crippen molar-refractivity contribution in [1.82, 2.24) is 5.32 Å². The minimum atomic E-state index is -0.497. The normalized spacial score (nSPS) is 11.5. The summed E-state index contributed by atoms with van der Waals surface area (Å²) >= 11 is 0. The lowest BCUT2D eigenvalue weighted by atomic mass is 9.79. The lowest BCUT2D eigenvalue weighted by Crippen LogP contribution is -2.24. The molecule has 0 radical (unpaired) electrons. The van der Waals surface area contributed by atoms with Crippen molar-refractivity contribution >= 4 is 11.9 Å². The second kappa shape index (κ2) is 10.4. The number of amides is 1. The van der Waals surface area contributed by atoms with E-state index >= 15 is 0 Å². The molecular formula is C32H35NO3. The van der Waals surface area contributed by atoms with Gasteiger partial charge in [-0.2, -0.15) is 0 Å². The minimum absolute atomic E-state index is 0.00645. The molecule has 0 heterocycles. The van der Waals surface area contributed by atoms with Crippen molar-refractivity contribution in [3.63, 3.8) is 0 Å². The maximum atomic E-state index is 12.8. The maximum absolute atomic E-state index is 12.8. The van der Waals surface area contributed by atoms with Gasteiger partial charge in [-0.05, 0) is 82.5 Å². The molecule has 1 amide bonds. The summed E-state index contributed by atoms with van der Waals surface area (Å²) in [6, 6.07) is 18.2. The molecular weight excluding hydrogens is 446 g/mol. The first-order chi connectivity index (χ1) is 16.8. The average Bonchev–Trinajstić information content (AvgIpc) is 2.81. The van der Waals surface area contributed by atoms with E-state index in [9.17, 15) is 9.59 Å². The van der Waals surface area contributed by atoms with Gasteiger partial charge in [0, 0.05) is 17.7 Å². The van der Waals surface area contributed by atoms with Crippen molar-refractivity contribution < 1.29 is 14.3 Å². The lowest BCUT2D eigenvalue weighted by molar-refractivity contribution is 0.0734. The van der Waals surface area contributed by atoms with Crippen LogP contribution in [0.25, 0.3) is 0 Å². The molecule has 0 saturated carbocycles.